The summed E-state index contributed by atoms with van der Waals surface area (Å²) in [6, 6.07) is 5.58. The summed E-state index contributed by atoms with van der Waals surface area (Å²) >= 11 is 3.33. The summed E-state index contributed by atoms with van der Waals surface area (Å²) in [7, 11) is 0. The molecule has 0 saturated carbocycles. The van der Waals surface area contributed by atoms with Crippen LogP contribution in [0.1, 0.15) is 11.5 Å². The molecule has 0 amide bonds. The van der Waals surface area contributed by atoms with Crippen molar-refractivity contribution in [1.82, 2.24) is 4.98 Å². The number of hydrogen-bond donors (Lipinski definition) is 1. The van der Waals surface area contributed by atoms with Crippen molar-refractivity contribution in [3.05, 3.63) is 29.7 Å². The number of aromatic nitrogens is 1. The van der Waals surface area contributed by atoms with Crippen LogP contribution in [-0.2, 0) is 16.5 Å². The zero-order valence-electron chi connectivity index (χ0n) is 7.74. The lowest BCUT2D eigenvalue weighted by Crippen LogP contribution is -1.99. The maximum atomic E-state index is 10.5. The van der Waals surface area contributed by atoms with E-state index >= 15 is 0 Å². The first-order chi connectivity index (χ1) is 7.20. The fraction of sp³-hybridized carbons (Fsp3) is 0.200. The SMILES string of the molecule is O=C(O)Cc1nc2cccc(CBr)c2o1. The monoisotopic (exact) mass is 269 g/mol. The summed E-state index contributed by atoms with van der Waals surface area (Å²) in [6.07, 6.45) is -0.184. The van der Waals surface area contributed by atoms with Crippen LogP contribution < -0.4 is 0 Å². The van der Waals surface area contributed by atoms with Crippen molar-refractivity contribution in [3.8, 4) is 0 Å². The smallest absolute Gasteiger partial charge is 0.312 e. The zero-order valence-corrected chi connectivity index (χ0v) is 9.32. The highest BCUT2D eigenvalue weighted by atomic mass is 79.9. The number of carboxylic acids is 1. The van der Waals surface area contributed by atoms with Crippen molar-refractivity contribution in [2.75, 3.05) is 0 Å². The Morgan fingerprint density at radius 1 is 1.53 bits per heavy atom. The lowest BCUT2D eigenvalue weighted by molar-refractivity contribution is -0.136. The molecule has 0 spiro atoms. The number of nitrogens with zero attached hydrogens (tertiary/aromatic N) is 1. The highest BCUT2D eigenvalue weighted by Gasteiger charge is 2.11. The molecular weight excluding hydrogens is 262 g/mol. The Kier molecular flexibility index (Phi) is 2.73. The Morgan fingerprint density at radius 3 is 3.00 bits per heavy atom. The number of carbonyl (C=O) groups is 1. The number of aliphatic carboxylic acids is 1. The van der Waals surface area contributed by atoms with Crippen LogP contribution >= 0.6 is 15.9 Å². The number of carboxylic acid groups (broad SMARTS) is 1. The van der Waals surface area contributed by atoms with E-state index in [-0.39, 0.29) is 12.3 Å². The topological polar surface area (TPSA) is 63.3 Å². The number of rotatable bonds is 3. The van der Waals surface area contributed by atoms with Crippen LogP contribution in [0, 0.1) is 0 Å². The van der Waals surface area contributed by atoms with Gasteiger partial charge in [-0.1, -0.05) is 28.1 Å². The number of hydrogen-bond acceptors (Lipinski definition) is 3. The molecule has 0 atom stereocenters. The molecule has 5 heteroatoms. The Bertz CT molecular complexity index is 506. The van der Waals surface area contributed by atoms with Gasteiger partial charge in [-0.25, -0.2) is 4.98 Å². The van der Waals surface area contributed by atoms with Crippen LogP contribution in [0.4, 0.5) is 0 Å². The van der Waals surface area contributed by atoms with Gasteiger partial charge >= 0.3 is 5.97 Å². The number of alkyl halides is 1. The van der Waals surface area contributed by atoms with Gasteiger partial charge in [-0.2, -0.15) is 0 Å². The van der Waals surface area contributed by atoms with E-state index in [1.807, 2.05) is 12.1 Å². The first kappa shape index (κ1) is 10.2. The lowest BCUT2D eigenvalue weighted by atomic mass is 10.2. The predicted octanol–water partition coefficient (Wildman–Crippen LogP) is 2.35. The second-order valence-electron chi connectivity index (χ2n) is 3.08. The molecule has 2 rings (SSSR count). The van der Waals surface area contributed by atoms with Crippen molar-refractivity contribution >= 4 is 33.0 Å². The van der Waals surface area contributed by atoms with Crippen LogP contribution in [0.25, 0.3) is 11.1 Å². The van der Waals surface area contributed by atoms with Crippen LogP contribution in [0.3, 0.4) is 0 Å². The predicted molar refractivity (Wildman–Crippen MR) is 58.0 cm³/mol. The molecule has 78 valence electrons. The second kappa shape index (κ2) is 4.02. The average molecular weight is 270 g/mol. The molecule has 0 radical (unpaired) electrons. The van der Waals surface area contributed by atoms with Crippen molar-refractivity contribution in [2.24, 2.45) is 0 Å². The third-order valence-corrected chi connectivity index (χ3v) is 2.59. The Hall–Kier alpha value is -1.36. The summed E-state index contributed by atoms with van der Waals surface area (Å²) in [5.74, 6) is -0.701. The Morgan fingerprint density at radius 2 is 2.33 bits per heavy atom. The molecule has 0 aliphatic rings. The molecule has 0 bridgehead atoms. The third kappa shape index (κ3) is 2.02. The fourth-order valence-corrected chi connectivity index (χ4v) is 1.80. The highest BCUT2D eigenvalue weighted by Crippen LogP contribution is 2.22. The maximum Gasteiger partial charge on any atom is 0.312 e. The normalized spacial score (nSPS) is 10.7. The average Bonchev–Trinajstić information content (AvgIpc) is 2.58. The van der Waals surface area contributed by atoms with Crippen LogP contribution in [0.2, 0.25) is 0 Å². The van der Waals surface area contributed by atoms with Crippen molar-refractivity contribution in [2.45, 2.75) is 11.8 Å². The Labute approximate surface area is 94.0 Å². The number of benzene rings is 1. The van der Waals surface area contributed by atoms with Gasteiger partial charge in [0, 0.05) is 10.9 Å². The maximum absolute atomic E-state index is 10.5. The van der Waals surface area contributed by atoms with Gasteiger partial charge in [0.05, 0.1) is 0 Å². The summed E-state index contributed by atoms with van der Waals surface area (Å²) in [5, 5.41) is 9.27. The van der Waals surface area contributed by atoms with Crippen molar-refractivity contribution in [3.63, 3.8) is 0 Å². The Balaban J connectivity index is 2.50. The highest BCUT2D eigenvalue weighted by molar-refractivity contribution is 9.08. The van der Waals surface area contributed by atoms with Crippen LogP contribution in [-0.4, -0.2) is 16.1 Å². The standard InChI is InChI=1S/C10H8BrNO3/c11-5-6-2-1-3-7-10(6)15-8(12-7)4-9(13)14/h1-3H,4-5H2,(H,13,14). The fourth-order valence-electron chi connectivity index (χ4n) is 1.36. The van der Waals surface area contributed by atoms with E-state index < -0.39 is 5.97 Å². The molecule has 1 aromatic heterocycles. The second-order valence-corrected chi connectivity index (χ2v) is 3.64. The molecule has 1 N–H and O–H groups in total. The van der Waals surface area contributed by atoms with Crippen molar-refractivity contribution in [1.29, 1.82) is 0 Å². The summed E-state index contributed by atoms with van der Waals surface area (Å²) in [6.45, 7) is 0. The van der Waals surface area contributed by atoms with E-state index in [1.54, 1.807) is 6.07 Å². The molecule has 1 heterocycles. The largest absolute Gasteiger partial charge is 0.481 e. The van der Waals surface area contributed by atoms with Gasteiger partial charge in [0.1, 0.15) is 11.9 Å². The summed E-state index contributed by atoms with van der Waals surface area (Å²) in [4.78, 5) is 14.6. The molecule has 4 nitrogen and oxygen atoms in total. The molecule has 1 aromatic carbocycles. The van der Waals surface area contributed by atoms with E-state index in [1.165, 1.54) is 0 Å². The molecule has 0 unspecified atom stereocenters. The quantitative estimate of drug-likeness (QED) is 0.869. The zero-order chi connectivity index (χ0) is 10.8. The van der Waals surface area contributed by atoms with E-state index in [9.17, 15) is 4.79 Å². The van der Waals surface area contributed by atoms with Gasteiger partial charge in [0.2, 0.25) is 5.89 Å². The molecule has 2 aromatic rings. The minimum Gasteiger partial charge on any atom is -0.481 e. The van der Waals surface area contributed by atoms with Crippen LogP contribution in [0.15, 0.2) is 22.6 Å². The summed E-state index contributed by atoms with van der Waals surface area (Å²) in [5.41, 5.74) is 2.32. The van der Waals surface area contributed by atoms with Gasteiger partial charge < -0.3 is 9.52 Å². The number of para-hydroxylation sites is 1. The molecule has 0 aliphatic heterocycles. The summed E-state index contributed by atoms with van der Waals surface area (Å²) < 4.78 is 5.38. The molecule has 0 fully saturated rings. The minimum atomic E-state index is -0.943. The lowest BCUT2D eigenvalue weighted by Gasteiger charge is -1.93. The van der Waals surface area contributed by atoms with Gasteiger partial charge in [-0.15, -0.1) is 0 Å². The van der Waals surface area contributed by atoms with Gasteiger partial charge in [-0.3, -0.25) is 4.79 Å². The number of halogens is 1. The van der Waals surface area contributed by atoms with Gasteiger partial charge in [0.25, 0.3) is 0 Å². The number of oxazole rings is 1. The van der Waals surface area contributed by atoms with E-state index in [4.69, 9.17) is 9.52 Å². The van der Waals surface area contributed by atoms with E-state index in [0.29, 0.717) is 16.4 Å². The third-order valence-electron chi connectivity index (χ3n) is 1.99. The minimum absolute atomic E-state index is 0.184. The van der Waals surface area contributed by atoms with Gasteiger partial charge in [0.15, 0.2) is 5.58 Å². The first-order valence-corrected chi connectivity index (χ1v) is 5.48. The molecule has 0 saturated heterocycles. The van der Waals surface area contributed by atoms with Crippen LogP contribution in [0.5, 0.6) is 0 Å². The molecular formula is C10H8BrNO3. The van der Waals surface area contributed by atoms with Crippen molar-refractivity contribution < 1.29 is 14.3 Å². The van der Waals surface area contributed by atoms with Gasteiger partial charge in [-0.05, 0) is 6.07 Å². The first-order valence-electron chi connectivity index (χ1n) is 4.36. The van der Waals surface area contributed by atoms with E-state index in [2.05, 4.69) is 20.9 Å². The number of fused-ring (bicyclic) bond motifs is 1. The molecule has 15 heavy (non-hydrogen) atoms. The van der Waals surface area contributed by atoms with E-state index in [0.717, 1.165) is 5.56 Å². The molecule has 0 aliphatic carbocycles.